The van der Waals surface area contributed by atoms with Gasteiger partial charge in [0.1, 0.15) is 5.69 Å². The fourth-order valence-corrected chi connectivity index (χ4v) is 2.13. The molecule has 1 aromatic heterocycles. The van der Waals surface area contributed by atoms with Gasteiger partial charge in [0.2, 0.25) is 12.7 Å². The lowest BCUT2D eigenvalue weighted by Gasteiger charge is -2.11. The topological polar surface area (TPSA) is 88.6 Å². The largest absolute Gasteiger partial charge is 0.454 e. The first-order valence-corrected chi connectivity index (χ1v) is 7.54. The summed E-state index contributed by atoms with van der Waals surface area (Å²) in [6.45, 7) is 1.73. The summed E-state index contributed by atoms with van der Waals surface area (Å²) in [5.74, 6) is 1.39. The van der Waals surface area contributed by atoms with E-state index < -0.39 is 0 Å². The molecule has 24 heavy (non-hydrogen) atoms. The number of carbonyl (C=O) groups excluding carboxylic acids is 1. The molecule has 126 valence electrons. The molecule has 0 spiro atoms. The Kier molecular flexibility index (Phi) is 4.76. The van der Waals surface area contributed by atoms with Gasteiger partial charge in [0.05, 0.1) is 0 Å². The molecule has 8 nitrogen and oxygen atoms in total. The van der Waals surface area contributed by atoms with Gasteiger partial charge in [-0.15, -0.1) is 0 Å². The molecule has 1 aliphatic heterocycles. The van der Waals surface area contributed by atoms with Crippen LogP contribution in [0.4, 0.5) is 11.6 Å². The normalized spacial score (nSPS) is 12.3. The zero-order valence-corrected chi connectivity index (χ0v) is 13.6. The molecule has 3 rings (SSSR count). The van der Waals surface area contributed by atoms with Gasteiger partial charge in [0, 0.05) is 31.0 Å². The van der Waals surface area contributed by atoms with E-state index in [0.29, 0.717) is 29.7 Å². The second-order valence-corrected chi connectivity index (χ2v) is 5.52. The summed E-state index contributed by atoms with van der Waals surface area (Å²) in [6, 6.07) is 6.80. The van der Waals surface area contributed by atoms with Crippen LogP contribution in [0.3, 0.4) is 0 Å². The first-order valence-electron chi connectivity index (χ1n) is 7.54. The number of aromatic nitrogens is 2. The first kappa shape index (κ1) is 16.0. The fourth-order valence-electron chi connectivity index (χ4n) is 2.13. The van der Waals surface area contributed by atoms with E-state index in [0.717, 1.165) is 6.54 Å². The van der Waals surface area contributed by atoms with Gasteiger partial charge in [0.25, 0.3) is 5.91 Å². The third-order valence-corrected chi connectivity index (χ3v) is 3.36. The standard InChI is InChI=1S/C16H19N5O3/c1-21(2)8-7-18-16-17-6-5-12(20-16)15(22)19-11-3-4-13-14(9-11)24-10-23-13/h3-6,9H,7-8,10H2,1-2H3,(H,19,22)(H,17,18,20). The number of amides is 1. The number of ether oxygens (including phenoxy) is 2. The van der Waals surface area contributed by atoms with Crippen LogP contribution in [0.15, 0.2) is 30.5 Å². The van der Waals surface area contributed by atoms with E-state index in [9.17, 15) is 4.79 Å². The van der Waals surface area contributed by atoms with E-state index in [1.54, 1.807) is 30.5 Å². The van der Waals surface area contributed by atoms with Crippen molar-refractivity contribution in [3.05, 3.63) is 36.2 Å². The van der Waals surface area contributed by atoms with Gasteiger partial charge < -0.3 is 25.0 Å². The summed E-state index contributed by atoms with van der Waals surface area (Å²) >= 11 is 0. The minimum absolute atomic E-state index is 0.195. The molecular weight excluding hydrogens is 310 g/mol. The zero-order valence-electron chi connectivity index (χ0n) is 13.6. The highest BCUT2D eigenvalue weighted by molar-refractivity contribution is 6.03. The van der Waals surface area contributed by atoms with Crippen LogP contribution in [0.5, 0.6) is 11.5 Å². The van der Waals surface area contributed by atoms with Crippen LogP contribution in [-0.4, -0.2) is 54.8 Å². The molecule has 0 bridgehead atoms. The Hall–Kier alpha value is -2.87. The predicted molar refractivity (Wildman–Crippen MR) is 89.6 cm³/mol. The van der Waals surface area contributed by atoms with E-state index in [4.69, 9.17) is 9.47 Å². The van der Waals surface area contributed by atoms with E-state index in [1.165, 1.54) is 0 Å². The number of nitrogens with one attached hydrogen (secondary N) is 2. The lowest BCUT2D eigenvalue weighted by molar-refractivity contribution is 0.102. The summed E-state index contributed by atoms with van der Waals surface area (Å²) in [5.41, 5.74) is 0.903. The second-order valence-electron chi connectivity index (χ2n) is 5.52. The Labute approximate surface area is 139 Å². The van der Waals surface area contributed by atoms with Crippen molar-refractivity contribution in [1.82, 2.24) is 14.9 Å². The van der Waals surface area contributed by atoms with Crippen molar-refractivity contribution in [3.63, 3.8) is 0 Å². The summed E-state index contributed by atoms with van der Waals surface area (Å²) in [5, 5.41) is 5.88. The zero-order chi connectivity index (χ0) is 16.9. The van der Waals surface area contributed by atoms with Crippen LogP contribution in [0.25, 0.3) is 0 Å². The number of carbonyl (C=O) groups is 1. The van der Waals surface area contributed by atoms with E-state index >= 15 is 0 Å². The maximum atomic E-state index is 12.3. The third kappa shape index (κ3) is 3.90. The molecule has 0 fully saturated rings. The van der Waals surface area contributed by atoms with Crippen molar-refractivity contribution >= 4 is 17.5 Å². The van der Waals surface area contributed by atoms with E-state index in [-0.39, 0.29) is 18.4 Å². The highest BCUT2D eigenvalue weighted by Crippen LogP contribution is 2.34. The maximum Gasteiger partial charge on any atom is 0.274 e. The minimum Gasteiger partial charge on any atom is -0.454 e. The molecule has 0 unspecified atom stereocenters. The molecule has 2 N–H and O–H groups in total. The van der Waals surface area contributed by atoms with Gasteiger partial charge in [-0.1, -0.05) is 0 Å². The van der Waals surface area contributed by atoms with Gasteiger partial charge in [-0.05, 0) is 32.3 Å². The molecule has 0 aliphatic carbocycles. The van der Waals surface area contributed by atoms with Gasteiger partial charge in [-0.25, -0.2) is 9.97 Å². The molecule has 0 atom stereocenters. The fraction of sp³-hybridized carbons (Fsp3) is 0.312. The molecule has 1 aliphatic rings. The summed E-state index contributed by atoms with van der Waals surface area (Å²) < 4.78 is 10.5. The number of likely N-dealkylation sites (N-methyl/N-ethyl adjacent to an activating group) is 1. The van der Waals surface area contributed by atoms with Gasteiger partial charge >= 0.3 is 0 Å². The van der Waals surface area contributed by atoms with E-state index in [2.05, 4.69) is 20.6 Å². The minimum atomic E-state index is -0.313. The first-order chi connectivity index (χ1) is 11.6. The van der Waals surface area contributed by atoms with Gasteiger partial charge in [-0.2, -0.15) is 0 Å². The van der Waals surface area contributed by atoms with Crippen LogP contribution in [0.1, 0.15) is 10.5 Å². The summed E-state index contributed by atoms with van der Waals surface area (Å²) in [7, 11) is 3.97. The van der Waals surface area contributed by atoms with Gasteiger partial charge in [0.15, 0.2) is 11.5 Å². The number of fused-ring (bicyclic) bond motifs is 1. The second kappa shape index (κ2) is 7.14. The van der Waals surface area contributed by atoms with Crippen molar-refractivity contribution in [2.75, 3.05) is 44.6 Å². The van der Waals surface area contributed by atoms with Crippen LogP contribution in [0.2, 0.25) is 0 Å². The maximum absolute atomic E-state index is 12.3. The Morgan fingerprint density at radius 3 is 2.92 bits per heavy atom. The van der Waals surface area contributed by atoms with Crippen molar-refractivity contribution in [3.8, 4) is 11.5 Å². The summed E-state index contributed by atoms with van der Waals surface area (Å²) in [4.78, 5) is 22.7. The molecule has 8 heteroatoms. The molecule has 2 heterocycles. The lowest BCUT2D eigenvalue weighted by Crippen LogP contribution is -2.22. The van der Waals surface area contributed by atoms with Crippen LogP contribution in [0, 0.1) is 0 Å². The molecule has 1 aromatic carbocycles. The Balaban J connectivity index is 1.64. The SMILES string of the molecule is CN(C)CCNc1nccc(C(=O)Nc2ccc3c(c2)OCO3)n1. The smallest absolute Gasteiger partial charge is 0.274 e. The molecule has 0 saturated carbocycles. The Bertz CT molecular complexity index is 735. The summed E-state index contributed by atoms with van der Waals surface area (Å²) in [6.07, 6.45) is 1.56. The molecule has 1 amide bonds. The third-order valence-electron chi connectivity index (χ3n) is 3.36. The van der Waals surface area contributed by atoms with Crippen LogP contribution < -0.4 is 20.1 Å². The number of anilines is 2. The van der Waals surface area contributed by atoms with Crippen molar-refractivity contribution in [2.45, 2.75) is 0 Å². The molecular formula is C16H19N5O3. The van der Waals surface area contributed by atoms with E-state index in [1.807, 2.05) is 19.0 Å². The Morgan fingerprint density at radius 1 is 1.25 bits per heavy atom. The predicted octanol–water partition coefficient (Wildman–Crippen LogP) is 1.43. The number of benzene rings is 1. The average molecular weight is 329 g/mol. The number of rotatable bonds is 6. The number of hydrogen-bond acceptors (Lipinski definition) is 7. The monoisotopic (exact) mass is 329 g/mol. The van der Waals surface area contributed by atoms with Crippen molar-refractivity contribution in [1.29, 1.82) is 0 Å². The highest BCUT2D eigenvalue weighted by Gasteiger charge is 2.15. The number of hydrogen-bond donors (Lipinski definition) is 2. The number of nitrogens with zero attached hydrogens (tertiary/aromatic N) is 3. The van der Waals surface area contributed by atoms with Crippen LogP contribution in [-0.2, 0) is 0 Å². The highest BCUT2D eigenvalue weighted by atomic mass is 16.7. The average Bonchev–Trinajstić information content (AvgIpc) is 3.02. The molecule has 0 saturated heterocycles. The van der Waals surface area contributed by atoms with Gasteiger partial charge in [-0.3, -0.25) is 4.79 Å². The Morgan fingerprint density at radius 2 is 2.08 bits per heavy atom. The van der Waals surface area contributed by atoms with Crippen molar-refractivity contribution in [2.24, 2.45) is 0 Å². The van der Waals surface area contributed by atoms with Crippen LogP contribution >= 0.6 is 0 Å². The molecule has 2 aromatic rings. The lowest BCUT2D eigenvalue weighted by atomic mass is 10.2. The quantitative estimate of drug-likeness (QED) is 0.829. The molecule has 0 radical (unpaired) electrons. The van der Waals surface area contributed by atoms with Crippen molar-refractivity contribution < 1.29 is 14.3 Å².